The Bertz CT molecular complexity index is 1580. The lowest BCUT2D eigenvalue weighted by Crippen LogP contribution is -2.40. The molecule has 0 radical (unpaired) electrons. The standard InChI is InChI=1S/C27H29Cl2N3O7S2/c1-40(34,35)32(25-4-2-3-24(28)26(25)29)19-20-5-7-21(8-6-20)27(33)30-13-16-39-22-9-11-23(12-10-22)41(36,37)31-14-17-38-18-15-31/h2-12H,13-19H2,1H3,(H,30,33). The summed E-state index contributed by atoms with van der Waals surface area (Å²) in [4.78, 5) is 12.8. The van der Waals surface area contributed by atoms with Crippen LogP contribution in [0.2, 0.25) is 10.0 Å². The van der Waals surface area contributed by atoms with Crippen LogP contribution in [-0.2, 0) is 31.3 Å². The first-order valence-electron chi connectivity index (χ1n) is 12.6. The minimum absolute atomic E-state index is 0.00116. The first-order valence-corrected chi connectivity index (χ1v) is 16.6. The fraction of sp³-hybridized carbons (Fsp3) is 0.296. The fourth-order valence-corrected chi connectivity index (χ4v) is 6.82. The van der Waals surface area contributed by atoms with Crippen LogP contribution >= 0.6 is 23.2 Å². The molecule has 0 atom stereocenters. The van der Waals surface area contributed by atoms with E-state index in [0.29, 0.717) is 43.2 Å². The summed E-state index contributed by atoms with van der Waals surface area (Å²) >= 11 is 12.3. The minimum atomic E-state index is -3.67. The van der Waals surface area contributed by atoms with Gasteiger partial charge in [0, 0.05) is 18.7 Å². The fourth-order valence-electron chi connectivity index (χ4n) is 4.07. The Balaban J connectivity index is 1.28. The maximum atomic E-state index is 12.7. The molecule has 3 aromatic rings. The largest absolute Gasteiger partial charge is 0.492 e. The molecule has 0 spiro atoms. The molecule has 0 saturated carbocycles. The Labute approximate surface area is 249 Å². The van der Waals surface area contributed by atoms with Gasteiger partial charge in [0.1, 0.15) is 12.4 Å². The van der Waals surface area contributed by atoms with Gasteiger partial charge in [0.2, 0.25) is 20.0 Å². The van der Waals surface area contributed by atoms with E-state index in [4.69, 9.17) is 32.7 Å². The third kappa shape index (κ3) is 7.91. The average molecular weight is 643 g/mol. The number of carbonyl (C=O) groups is 1. The quantitative estimate of drug-likeness (QED) is 0.316. The highest BCUT2D eigenvalue weighted by Crippen LogP contribution is 2.34. The van der Waals surface area contributed by atoms with Gasteiger partial charge in [0.05, 0.1) is 53.2 Å². The molecule has 0 unspecified atom stereocenters. The number of ether oxygens (including phenoxy) is 2. The van der Waals surface area contributed by atoms with Crippen molar-refractivity contribution < 1.29 is 31.1 Å². The Hall–Kier alpha value is -2.87. The van der Waals surface area contributed by atoms with Gasteiger partial charge < -0.3 is 14.8 Å². The van der Waals surface area contributed by atoms with Crippen LogP contribution in [0.25, 0.3) is 0 Å². The third-order valence-electron chi connectivity index (χ3n) is 6.23. The summed E-state index contributed by atoms with van der Waals surface area (Å²) in [6.07, 6.45) is 1.08. The van der Waals surface area contributed by atoms with Crippen molar-refractivity contribution in [3.8, 4) is 5.75 Å². The van der Waals surface area contributed by atoms with Gasteiger partial charge in [-0.1, -0.05) is 41.4 Å². The summed E-state index contributed by atoms with van der Waals surface area (Å²) in [5.74, 6) is 0.143. The van der Waals surface area contributed by atoms with Crippen molar-refractivity contribution in [3.63, 3.8) is 0 Å². The van der Waals surface area contributed by atoms with Gasteiger partial charge in [-0.3, -0.25) is 9.10 Å². The van der Waals surface area contributed by atoms with Crippen molar-refractivity contribution in [3.05, 3.63) is 87.9 Å². The highest BCUT2D eigenvalue weighted by Gasteiger charge is 2.26. The summed E-state index contributed by atoms with van der Waals surface area (Å²) in [5, 5.41) is 3.12. The van der Waals surface area contributed by atoms with Gasteiger partial charge >= 0.3 is 0 Å². The predicted molar refractivity (Wildman–Crippen MR) is 158 cm³/mol. The molecule has 1 N–H and O–H groups in total. The molecular weight excluding hydrogens is 613 g/mol. The number of anilines is 1. The molecule has 4 rings (SSSR count). The van der Waals surface area contributed by atoms with Gasteiger partial charge in [0.25, 0.3) is 5.91 Å². The number of carbonyl (C=O) groups excluding carboxylic acids is 1. The average Bonchev–Trinajstić information content (AvgIpc) is 2.96. The van der Waals surface area contributed by atoms with Crippen LogP contribution in [0.4, 0.5) is 5.69 Å². The molecule has 3 aromatic carbocycles. The van der Waals surface area contributed by atoms with E-state index in [1.54, 1.807) is 54.6 Å². The van der Waals surface area contributed by atoms with E-state index in [-0.39, 0.29) is 46.2 Å². The molecule has 0 aliphatic carbocycles. The number of benzene rings is 3. The number of nitrogens with one attached hydrogen (secondary N) is 1. The maximum absolute atomic E-state index is 12.7. The van der Waals surface area contributed by atoms with Gasteiger partial charge in [0.15, 0.2) is 0 Å². The number of hydrogen-bond acceptors (Lipinski definition) is 7. The molecule has 41 heavy (non-hydrogen) atoms. The lowest BCUT2D eigenvalue weighted by Gasteiger charge is -2.26. The highest BCUT2D eigenvalue weighted by atomic mass is 35.5. The van der Waals surface area contributed by atoms with Crippen molar-refractivity contribution in [1.29, 1.82) is 0 Å². The lowest BCUT2D eigenvalue weighted by atomic mass is 10.1. The second-order valence-corrected chi connectivity index (χ2v) is 13.8. The van der Waals surface area contributed by atoms with Gasteiger partial charge in [-0.2, -0.15) is 4.31 Å². The molecular formula is C27H29Cl2N3O7S2. The van der Waals surface area contributed by atoms with Crippen molar-refractivity contribution in [2.75, 3.05) is 50.0 Å². The molecule has 14 heteroatoms. The molecule has 1 saturated heterocycles. The zero-order chi connectivity index (χ0) is 29.6. The SMILES string of the molecule is CS(=O)(=O)N(Cc1ccc(C(=O)NCCOc2ccc(S(=O)(=O)N3CCOCC3)cc2)cc1)c1cccc(Cl)c1Cl. The van der Waals surface area contributed by atoms with E-state index >= 15 is 0 Å². The summed E-state index contributed by atoms with van der Waals surface area (Å²) in [6.45, 7) is 1.77. The first-order chi connectivity index (χ1) is 19.5. The first kappa shape index (κ1) is 31.1. The van der Waals surface area contributed by atoms with E-state index in [1.165, 1.54) is 16.4 Å². The van der Waals surface area contributed by atoms with Crippen LogP contribution < -0.4 is 14.4 Å². The molecule has 1 aliphatic rings. The molecule has 1 fully saturated rings. The van der Waals surface area contributed by atoms with Gasteiger partial charge in [-0.15, -0.1) is 0 Å². The van der Waals surface area contributed by atoms with E-state index in [2.05, 4.69) is 5.32 Å². The zero-order valence-electron chi connectivity index (χ0n) is 22.1. The summed E-state index contributed by atoms with van der Waals surface area (Å²) < 4.78 is 63.8. The molecule has 1 amide bonds. The second kappa shape index (κ2) is 13.4. The Kier molecular flexibility index (Phi) is 10.2. The zero-order valence-corrected chi connectivity index (χ0v) is 25.3. The van der Waals surface area contributed by atoms with Crippen molar-refractivity contribution in [2.45, 2.75) is 11.4 Å². The van der Waals surface area contributed by atoms with E-state index in [0.717, 1.165) is 10.6 Å². The molecule has 0 bridgehead atoms. The second-order valence-electron chi connectivity index (χ2n) is 9.13. The number of halogens is 2. The molecule has 1 heterocycles. The van der Waals surface area contributed by atoms with Crippen LogP contribution in [-0.4, -0.2) is 72.8 Å². The molecule has 1 aliphatic heterocycles. The van der Waals surface area contributed by atoms with Crippen LogP contribution in [0, 0.1) is 0 Å². The van der Waals surface area contributed by atoms with Crippen molar-refractivity contribution >= 4 is 54.8 Å². The Morgan fingerprint density at radius 3 is 2.27 bits per heavy atom. The van der Waals surface area contributed by atoms with E-state index in [1.807, 2.05) is 0 Å². The number of morpholine rings is 1. The Morgan fingerprint density at radius 2 is 1.63 bits per heavy atom. The number of rotatable bonds is 11. The van der Waals surface area contributed by atoms with E-state index in [9.17, 15) is 21.6 Å². The van der Waals surface area contributed by atoms with Gasteiger partial charge in [-0.25, -0.2) is 16.8 Å². The highest BCUT2D eigenvalue weighted by molar-refractivity contribution is 7.92. The number of amides is 1. The third-order valence-corrected chi connectivity index (χ3v) is 10.1. The number of sulfonamides is 2. The summed E-state index contributed by atoms with van der Waals surface area (Å²) in [6, 6.07) is 17.4. The molecule has 0 aromatic heterocycles. The van der Waals surface area contributed by atoms with Crippen molar-refractivity contribution in [2.24, 2.45) is 0 Å². The minimum Gasteiger partial charge on any atom is -0.492 e. The number of nitrogens with zero attached hydrogens (tertiary/aromatic N) is 2. The molecule has 10 nitrogen and oxygen atoms in total. The lowest BCUT2D eigenvalue weighted by molar-refractivity contribution is 0.0730. The predicted octanol–water partition coefficient (Wildman–Crippen LogP) is 3.79. The van der Waals surface area contributed by atoms with E-state index < -0.39 is 20.0 Å². The smallest absolute Gasteiger partial charge is 0.251 e. The summed E-state index contributed by atoms with van der Waals surface area (Å²) in [7, 11) is -7.26. The number of hydrogen-bond donors (Lipinski definition) is 1. The van der Waals surface area contributed by atoms with Crippen LogP contribution in [0.3, 0.4) is 0 Å². The summed E-state index contributed by atoms with van der Waals surface area (Å²) in [5.41, 5.74) is 1.29. The normalized spacial score (nSPS) is 14.4. The van der Waals surface area contributed by atoms with Crippen molar-refractivity contribution in [1.82, 2.24) is 9.62 Å². The maximum Gasteiger partial charge on any atom is 0.251 e. The van der Waals surface area contributed by atoms with Crippen LogP contribution in [0.5, 0.6) is 5.75 Å². The van der Waals surface area contributed by atoms with Crippen LogP contribution in [0.1, 0.15) is 15.9 Å². The Morgan fingerprint density at radius 1 is 0.976 bits per heavy atom. The van der Waals surface area contributed by atoms with Crippen LogP contribution in [0.15, 0.2) is 71.6 Å². The monoisotopic (exact) mass is 641 g/mol. The topological polar surface area (TPSA) is 122 Å². The van der Waals surface area contributed by atoms with Gasteiger partial charge in [-0.05, 0) is 54.1 Å². The molecule has 220 valence electrons.